The minimum absolute atomic E-state index is 0.0294. The number of anilines is 1. The lowest BCUT2D eigenvalue weighted by molar-refractivity contribution is 0.436. The Morgan fingerprint density at radius 3 is 2.79 bits per heavy atom. The average Bonchev–Trinajstić information content (AvgIpc) is 2.99. The van der Waals surface area contributed by atoms with Gasteiger partial charge in [0.15, 0.2) is 11.6 Å². The minimum Gasteiger partial charge on any atom is -0.380 e. The second kappa shape index (κ2) is 4.20. The van der Waals surface area contributed by atoms with Gasteiger partial charge >= 0.3 is 0 Å². The number of benzene rings is 1. The van der Waals surface area contributed by atoms with Crippen LogP contribution >= 0.6 is 0 Å². The van der Waals surface area contributed by atoms with Crippen LogP contribution in [-0.4, -0.2) is 15.4 Å². The zero-order valence-electron chi connectivity index (χ0n) is 9.52. The zero-order chi connectivity index (χ0) is 13.4. The Morgan fingerprint density at radius 2 is 2.11 bits per heavy atom. The number of nitrogens with one attached hydrogen (secondary N) is 1. The largest absolute Gasteiger partial charge is 0.380 e. The highest BCUT2D eigenvalue weighted by Gasteiger charge is 2.21. The molecule has 0 atom stereocenters. The molecule has 0 bridgehead atoms. The highest BCUT2D eigenvalue weighted by Crippen LogP contribution is 2.37. The SMILES string of the molecule is Nc1noc(-c2cn[nH]c2)c1-c1ccc(F)cc1F. The van der Waals surface area contributed by atoms with Crippen molar-refractivity contribution in [3.05, 3.63) is 42.2 Å². The Morgan fingerprint density at radius 1 is 1.26 bits per heavy atom. The molecule has 3 rings (SSSR count). The van der Waals surface area contributed by atoms with Crippen LogP contribution in [0.4, 0.5) is 14.6 Å². The van der Waals surface area contributed by atoms with Gasteiger partial charge in [0.25, 0.3) is 0 Å². The van der Waals surface area contributed by atoms with Gasteiger partial charge in [0, 0.05) is 17.8 Å². The number of nitrogens with two attached hydrogens (primary N) is 1. The summed E-state index contributed by atoms with van der Waals surface area (Å²) in [4.78, 5) is 0. The predicted molar refractivity (Wildman–Crippen MR) is 63.8 cm³/mol. The topological polar surface area (TPSA) is 80.7 Å². The monoisotopic (exact) mass is 262 g/mol. The van der Waals surface area contributed by atoms with E-state index < -0.39 is 11.6 Å². The van der Waals surface area contributed by atoms with E-state index >= 15 is 0 Å². The number of rotatable bonds is 2. The maximum absolute atomic E-state index is 13.8. The fourth-order valence-corrected chi connectivity index (χ4v) is 1.83. The molecule has 0 unspecified atom stereocenters. The first-order valence-electron chi connectivity index (χ1n) is 5.36. The van der Waals surface area contributed by atoms with E-state index in [1.54, 1.807) is 6.20 Å². The van der Waals surface area contributed by atoms with Crippen LogP contribution in [0.5, 0.6) is 0 Å². The van der Waals surface area contributed by atoms with Crippen molar-refractivity contribution in [2.75, 3.05) is 5.73 Å². The van der Waals surface area contributed by atoms with Gasteiger partial charge in [0.05, 0.1) is 17.3 Å². The molecule has 0 aliphatic heterocycles. The van der Waals surface area contributed by atoms with Crippen molar-refractivity contribution >= 4 is 5.82 Å². The number of hydrogen-bond acceptors (Lipinski definition) is 4. The second-order valence-electron chi connectivity index (χ2n) is 3.88. The first-order chi connectivity index (χ1) is 9.16. The number of hydrogen-bond donors (Lipinski definition) is 2. The van der Waals surface area contributed by atoms with Crippen LogP contribution in [0.2, 0.25) is 0 Å². The van der Waals surface area contributed by atoms with Crippen molar-refractivity contribution in [3.8, 4) is 22.5 Å². The van der Waals surface area contributed by atoms with Gasteiger partial charge in [-0.15, -0.1) is 0 Å². The third-order valence-electron chi connectivity index (χ3n) is 2.68. The third-order valence-corrected chi connectivity index (χ3v) is 2.68. The van der Waals surface area contributed by atoms with Crippen LogP contribution < -0.4 is 5.73 Å². The molecule has 2 heterocycles. The maximum Gasteiger partial charge on any atom is 0.180 e. The van der Waals surface area contributed by atoms with E-state index in [4.69, 9.17) is 10.3 Å². The Hall–Kier alpha value is -2.70. The standard InChI is InChI=1S/C12H8F2N4O/c13-7-1-2-8(9(14)3-7)10-11(19-18-12(10)15)6-4-16-17-5-6/h1-5H,(H2,15,18)(H,16,17). The molecule has 0 spiro atoms. The summed E-state index contributed by atoms with van der Waals surface area (Å²) in [5.41, 5.74) is 6.66. The lowest BCUT2D eigenvalue weighted by Gasteiger charge is -2.03. The molecular weight excluding hydrogens is 254 g/mol. The van der Waals surface area contributed by atoms with Crippen molar-refractivity contribution in [1.29, 1.82) is 0 Å². The molecule has 0 saturated carbocycles. The van der Waals surface area contributed by atoms with Crippen LogP contribution in [0, 0.1) is 11.6 Å². The molecule has 0 radical (unpaired) electrons. The summed E-state index contributed by atoms with van der Waals surface area (Å²) in [7, 11) is 0. The van der Waals surface area contributed by atoms with Crippen molar-refractivity contribution in [1.82, 2.24) is 15.4 Å². The van der Waals surface area contributed by atoms with E-state index in [2.05, 4.69) is 15.4 Å². The molecule has 0 saturated heterocycles. The molecule has 0 amide bonds. The molecule has 0 aliphatic carbocycles. The summed E-state index contributed by atoms with van der Waals surface area (Å²) in [5, 5.41) is 9.99. The molecule has 0 aliphatic rings. The molecule has 0 fully saturated rings. The normalized spacial score (nSPS) is 10.8. The number of nitrogen functional groups attached to an aromatic ring is 1. The quantitative estimate of drug-likeness (QED) is 0.743. The number of aromatic amines is 1. The predicted octanol–water partition coefficient (Wildman–Crippen LogP) is 2.59. The molecule has 3 N–H and O–H groups in total. The van der Waals surface area contributed by atoms with Crippen molar-refractivity contribution in [2.45, 2.75) is 0 Å². The minimum atomic E-state index is -0.736. The first kappa shape index (κ1) is 11.4. The van der Waals surface area contributed by atoms with Gasteiger partial charge in [-0.05, 0) is 12.1 Å². The number of aromatic nitrogens is 3. The molecule has 19 heavy (non-hydrogen) atoms. The Labute approximate surface area is 106 Å². The second-order valence-corrected chi connectivity index (χ2v) is 3.88. The number of H-pyrrole nitrogens is 1. The number of nitrogens with zero attached hydrogens (tertiary/aromatic N) is 2. The highest BCUT2D eigenvalue weighted by molar-refractivity contribution is 5.86. The number of halogens is 2. The van der Waals surface area contributed by atoms with E-state index in [9.17, 15) is 8.78 Å². The van der Waals surface area contributed by atoms with E-state index in [1.807, 2.05) is 0 Å². The fraction of sp³-hybridized carbons (Fsp3) is 0. The summed E-state index contributed by atoms with van der Waals surface area (Å²) < 4.78 is 31.8. The van der Waals surface area contributed by atoms with E-state index in [1.165, 1.54) is 12.3 Å². The van der Waals surface area contributed by atoms with Gasteiger partial charge in [-0.2, -0.15) is 5.10 Å². The summed E-state index contributed by atoms with van der Waals surface area (Å²) in [6.45, 7) is 0. The molecule has 3 aromatic rings. The van der Waals surface area contributed by atoms with Crippen molar-refractivity contribution < 1.29 is 13.3 Å². The van der Waals surface area contributed by atoms with Gasteiger partial charge in [-0.25, -0.2) is 8.78 Å². The first-order valence-corrected chi connectivity index (χ1v) is 5.36. The van der Waals surface area contributed by atoms with Crippen LogP contribution in [-0.2, 0) is 0 Å². The summed E-state index contributed by atoms with van der Waals surface area (Å²) in [5.74, 6) is -1.10. The lowest BCUT2D eigenvalue weighted by Crippen LogP contribution is -1.92. The zero-order valence-corrected chi connectivity index (χ0v) is 9.52. The van der Waals surface area contributed by atoms with Crippen LogP contribution in [0.1, 0.15) is 0 Å². The average molecular weight is 262 g/mol. The maximum atomic E-state index is 13.8. The highest BCUT2D eigenvalue weighted by atomic mass is 19.1. The molecular formula is C12H8F2N4O. The van der Waals surface area contributed by atoms with Crippen LogP contribution in [0.3, 0.4) is 0 Å². The van der Waals surface area contributed by atoms with Gasteiger partial charge in [0.1, 0.15) is 11.6 Å². The van der Waals surface area contributed by atoms with Crippen LogP contribution in [0.25, 0.3) is 22.5 Å². The fourth-order valence-electron chi connectivity index (χ4n) is 1.83. The Bertz CT molecular complexity index is 721. The van der Waals surface area contributed by atoms with E-state index in [-0.39, 0.29) is 22.7 Å². The van der Waals surface area contributed by atoms with E-state index in [0.29, 0.717) is 5.56 Å². The van der Waals surface area contributed by atoms with Gasteiger partial charge < -0.3 is 10.3 Å². The Kier molecular flexibility index (Phi) is 2.52. The molecule has 1 aromatic carbocycles. The third kappa shape index (κ3) is 1.85. The molecule has 5 nitrogen and oxygen atoms in total. The Balaban J connectivity index is 2.22. The molecule has 96 valence electrons. The van der Waals surface area contributed by atoms with Crippen molar-refractivity contribution in [2.24, 2.45) is 0 Å². The summed E-state index contributed by atoms with van der Waals surface area (Å²) >= 11 is 0. The smallest absolute Gasteiger partial charge is 0.180 e. The van der Waals surface area contributed by atoms with Crippen molar-refractivity contribution in [3.63, 3.8) is 0 Å². The summed E-state index contributed by atoms with van der Waals surface area (Å²) in [6.07, 6.45) is 3.05. The summed E-state index contributed by atoms with van der Waals surface area (Å²) in [6, 6.07) is 3.21. The van der Waals surface area contributed by atoms with Gasteiger partial charge in [-0.1, -0.05) is 5.16 Å². The van der Waals surface area contributed by atoms with Crippen LogP contribution in [0.15, 0.2) is 35.1 Å². The van der Waals surface area contributed by atoms with E-state index in [0.717, 1.165) is 12.1 Å². The molecule has 7 heteroatoms. The molecule has 2 aromatic heterocycles. The van der Waals surface area contributed by atoms with Gasteiger partial charge in [-0.3, -0.25) is 5.10 Å². The van der Waals surface area contributed by atoms with Gasteiger partial charge in [0.2, 0.25) is 0 Å². The lowest BCUT2D eigenvalue weighted by atomic mass is 10.0.